The molecule has 2 fully saturated rings. The second-order valence-electron chi connectivity index (χ2n) is 8.49. The Kier molecular flexibility index (Phi) is 7.23. The van der Waals surface area contributed by atoms with Crippen LogP contribution in [-0.2, 0) is 14.4 Å². The van der Waals surface area contributed by atoms with Gasteiger partial charge in [-0.2, -0.15) is 0 Å². The Balaban J connectivity index is 1.56. The molecule has 0 spiro atoms. The molecule has 0 saturated carbocycles. The third-order valence-electron chi connectivity index (χ3n) is 6.33. The van der Waals surface area contributed by atoms with Gasteiger partial charge in [-0.15, -0.1) is 0 Å². The number of amides is 3. The van der Waals surface area contributed by atoms with E-state index in [1.54, 1.807) is 36.1 Å². The van der Waals surface area contributed by atoms with Gasteiger partial charge in [0.15, 0.2) is 0 Å². The molecule has 2 N–H and O–H groups in total. The molecule has 164 valence electrons. The monoisotopic (exact) mass is 435 g/mol. The predicted octanol–water partition coefficient (Wildman–Crippen LogP) is 2.46. The van der Waals surface area contributed by atoms with E-state index in [0.29, 0.717) is 69.2 Å². The Morgan fingerprint density at radius 1 is 1.07 bits per heavy atom. The fraction of sp³-hybridized carbons (Fsp3) is 0.591. The fourth-order valence-corrected chi connectivity index (χ4v) is 4.54. The van der Waals surface area contributed by atoms with Crippen LogP contribution in [0.15, 0.2) is 24.3 Å². The molecule has 2 aliphatic rings. The largest absolute Gasteiger partial charge is 0.493 e. The lowest BCUT2D eigenvalue weighted by molar-refractivity contribution is -0.142. The minimum atomic E-state index is -0.375. The smallest absolute Gasteiger partial charge is 0.225 e. The molecule has 0 bridgehead atoms. The summed E-state index contributed by atoms with van der Waals surface area (Å²) < 4.78 is 5.94. The highest BCUT2D eigenvalue weighted by molar-refractivity contribution is 6.30. The van der Waals surface area contributed by atoms with E-state index in [4.69, 9.17) is 22.1 Å². The fourth-order valence-electron chi connectivity index (χ4n) is 4.41. The minimum Gasteiger partial charge on any atom is -0.493 e. The molecule has 0 radical (unpaired) electrons. The van der Waals surface area contributed by atoms with Gasteiger partial charge in [0, 0.05) is 55.9 Å². The van der Waals surface area contributed by atoms with E-state index in [1.165, 1.54) is 0 Å². The molecule has 0 atom stereocenters. The molecular weight excluding hydrogens is 406 g/mol. The van der Waals surface area contributed by atoms with Gasteiger partial charge >= 0.3 is 0 Å². The Morgan fingerprint density at radius 3 is 2.20 bits per heavy atom. The van der Waals surface area contributed by atoms with Crippen molar-refractivity contribution in [2.75, 3.05) is 32.8 Å². The Bertz CT molecular complexity index is 767. The zero-order valence-corrected chi connectivity index (χ0v) is 18.2. The Morgan fingerprint density at radius 2 is 1.67 bits per heavy atom. The molecule has 30 heavy (non-hydrogen) atoms. The van der Waals surface area contributed by atoms with Crippen LogP contribution >= 0.6 is 11.6 Å². The highest BCUT2D eigenvalue weighted by atomic mass is 35.5. The van der Waals surface area contributed by atoms with Crippen LogP contribution < -0.4 is 10.5 Å². The van der Waals surface area contributed by atoms with E-state index in [2.05, 4.69) is 0 Å². The van der Waals surface area contributed by atoms with Crippen molar-refractivity contribution in [1.82, 2.24) is 9.80 Å². The van der Waals surface area contributed by atoms with Crippen LogP contribution in [0.1, 0.15) is 39.0 Å². The average molecular weight is 436 g/mol. The van der Waals surface area contributed by atoms with Gasteiger partial charge in [-0.05, 0) is 49.9 Å². The number of carbonyl (C=O) groups is 3. The minimum absolute atomic E-state index is 0.0328. The molecule has 2 heterocycles. The molecule has 1 aromatic carbocycles. The summed E-state index contributed by atoms with van der Waals surface area (Å²) in [5.74, 6) is 0.528. The number of hydrogen-bond donors (Lipinski definition) is 1. The van der Waals surface area contributed by atoms with E-state index in [-0.39, 0.29) is 35.5 Å². The summed E-state index contributed by atoms with van der Waals surface area (Å²) in [7, 11) is 0. The number of primary amides is 1. The highest BCUT2D eigenvalue weighted by Gasteiger charge is 2.39. The summed E-state index contributed by atoms with van der Waals surface area (Å²) in [6, 6.07) is 7.12. The number of rotatable bonds is 6. The van der Waals surface area contributed by atoms with Crippen molar-refractivity contribution in [1.29, 1.82) is 0 Å². The Labute approximate surface area is 182 Å². The quantitative estimate of drug-likeness (QED) is 0.742. The van der Waals surface area contributed by atoms with Gasteiger partial charge in [0.2, 0.25) is 17.7 Å². The standard InChI is InChI=1S/C22H30ClN3O4/c1-16(27)25-10-6-17(7-11-25)21(29)26-12-8-22(9-13-26,14-20(24)28)15-30-19-4-2-18(23)3-5-19/h2-5,17H,6-15H2,1H3,(H2,24,28). The van der Waals surface area contributed by atoms with Crippen molar-refractivity contribution >= 4 is 29.3 Å². The summed E-state index contributed by atoms with van der Waals surface area (Å²) in [5, 5.41) is 0.634. The lowest BCUT2D eigenvalue weighted by atomic mass is 9.75. The van der Waals surface area contributed by atoms with Crippen molar-refractivity contribution in [3.8, 4) is 5.75 Å². The maximum absolute atomic E-state index is 13.0. The lowest BCUT2D eigenvalue weighted by Gasteiger charge is -2.42. The maximum atomic E-state index is 13.0. The van der Waals surface area contributed by atoms with E-state index in [1.807, 2.05) is 4.90 Å². The van der Waals surface area contributed by atoms with Crippen molar-refractivity contribution < 1.29 is 19.1 Å². The summed E-state index contributed by atoms with van der Waals surface area (Å²) in [6.07, 6.45) is 2.99. The number of likely N-dealkylation sites (tertiary alicyclic amines) is 2. The highest BCUT2D eigenvalue weighted by Crippen LogP contribution is 2.37. The summed E-state index contributed by atoms with van der Waals surface area (Å²) >= 11 is 5.92. The second kappa shape index (κ2) is 9.69. The summed E-state index contributed by atoms with van der Waals surface area (Å²) in [5.41, 5.74) is 5.15. The zero-order chi connectivity index (χ0) is 21.7. The van der Waals surface area contributed by atoms with E-state index in [9.17, 15) is 14.4 Å². The van der Waals surface area contributed by atoms with Crippen molar-refractivity contribution in [3.05, 3.63) is 29.3 Å². The number of halogens is 1. The summed E-state index contributed by atoms with van der Waals surface area (Å²) in [6.45, 7) is 4.39. The van der Waals surface area contributed by atoms with Gasteiger partial charge in [-0.25, -0.2) is 0 Å². The zero-order valence-electron chi connectivity index (χ0n) is 17.4. The van der Waals surface area contributed by atoms with Gasteiger partial charge in [0.1, 0.15) is 5.75 Å². The first-order chi connectivity index (χ1) is 14.3. The van der Waals surface area contributed by atoms with Crippen LogP contribution in [-0.4, -0.2) is 60.3 Å². The van der Waals surface area contributed by atoms with Crippen LogP contribution in [0.4, 0.5) is 0 Å². The number of ether oxygens (including phenoxy) is 1. The van der Waals surface area contributed by atoms with Crippen LogP contribution in [0.25, 0.3) is 0 Å². The first-order valence-corrected chi connectivity index (χ1v) is 10.9. The van der Waals surface area contributed by atoms with Crippen LogP contribution in [0.5, 0.6) is 5.75 Å². The van der Waals surface area contributed by atoms with Gasteiger partial charge < -0.3 is 20.3 Å². The number of nitrogens with two attached hydrogens (primary N) is 1. The van der Waals surface area contributed by atoms with Gasteiger partial charge in [0.25, 0.3) is 0 Å². The number of hydrogen-bond acceptors (Lipinski definition) is 4. The third kappa shape index (κ3) is 5.65. The first-order valence-electron chi connectivity index (χ1n) is 10.5. The number of benzene rings is 1. The number of piperidine rings is 2. The topological polar surface area (TPSA) is 92.9 Å². The maximum Gasteiger partial charge on any atom is 0.225 e. The molecule has 2 aliphatic heterocycles. The number of nitrogens with zero attached hydrogens (tertiary/aromatic N) is 2. The summed E-state index contributed by atoms with van der Waals surface area (Å²) in [4.78, 5) is 39.9. The molecule has 7 nitrogen and oxygen atoms in total. The molecular formula is C22H30ClN3O4. The van der Waals surface area contributed by atoms with Crippen LogP contribution in [0.2, 0.25) is 5.02 Å². The average Bonchev–Trinajstić information content (AvgIpc) is 2.73. The predicted molar refractivity (Wildman–Crippen MR) is 114 cm³/mol. The molecule has 1 aromatic rings. The lowest BCUT2D eigenvalue weighted by Crippen LogP contribution is -2.50. The van der Waals surface area contributed by atoms with Crippen molar-refractivity contribution in [2.24, 2.45) is 17.1 Å². The molecule has 0 aliphatic carbocycles. The SMILES string of the molecule is CC(=O)N1CCC(C(=O)N2CCC(COc3ccc(Cl)cc3)(CC(N)=O)CC2)CC1. The van der Waals surface area contributed by atoms with Gasteiger partial charge in [-0.1, -0.05) is 11.6 Å². The van der Waals surface area contributed by atoms with Gasteiger partial charge in [-0.3, -0.25) is 14.4 Å². The van der Waals surface area contributed by atoms with Crippen LogP contribution in [0.3, 0.4) is 0 Å². The molecule has 3 amide bonds. The van der Waals surface area contributed by atoms with E-state index < -0.39 is 0 Å². The van der Waals surface area contributed by atoms with Crippen molar-refractivity contribution in [2.45, 2.75) is 39.0 Å². The Hall–Kier alpha value is -2.28. The molecule has 0 unspecified atom stereocenters. The van der Waals surface area contributed by atoms with E-state index in [0.717, 1.165) is 0 Å². The molecule has 3 rings (SSSR count). The van der Waals surface area contributed by atoms with Gasteiger partial charge in [0.05, 0.1) is 6.61 Å². The van der Waals surface area contributed by atoms with E-state index >= 15 is 0 Å². The van der Waals surface area contributed by atoms with Crippen molar-refractivity contribution in [3.63, 3.8) is 0 Å². The van der Waals surface area contributed by atoms with Crippen LogP contribution in [0, 0.1) is 11.3 Å². The first kappa shape index (κ1) is 22.4. The molecule has 8 heteroatoms. The number of carbonyl (C=O) groups excluding carboxylic acids is 3. The normalized spacial score (nSPS) is 19.4. The second-order valence-corrected chi connectivity index (χ2v) is 8.93. The molecule has 2 saturated heterocycles. The third-order valence-corrected chi connectivity index (χ3v) is 6.59. The molecule has 0 aromatic heterocycles.